The summed E-state index contributed by atoms with van der Waals surface area (Å²) in [5, 5.41) is 8.99. The van der Waals surface area contributed by atoms with Gasteiger partial charge in [-0.3, -0.25) is 0 Å². The lowest BCUT2D eigenvalue weighted by Crippen LogP contribution is -2.13. The van der Waals surface area contributed by atoms with Gasteiger partial charge in [-0.25, -0.2) is 4.79 Å². The summed E-state index contributed by atoms with van der Waals surface area (Å²) in [7, 11) is 4.10. The molecule has 1 N–H and O–H groups in total. The zero-order chi connectivity index (χ0) is 12.8. The monoisotopic (exact) mass is 317 g/mol. The summed E-state index contributed by atoms with van der Waals surface area (Å²) in [6.45, 7) is 1.05. The van der Waals surface area contributed by atoms with Gasteiger partial charge >= 0.3 is 5.97 Å². The van der Waals surface area contributed by atoms with Crippen molar-refractivity contribution in [2.45, 2.75) is 11.3 Å². The second-order valence-corrected chi connectivity index (χ2v) is 5.97. The molecule has 0 saturated carbocycles. The van der Waals surface area contributed by atoms with E-state index in [9.17, 15) is 4.79 Å². The molecule has 94 valence electrons. The van der Waals surface area contributed by atoms with E-state index in [1.165, 1.54) is 0 Å². The highest BCUT2D eigenvalue weighted by Crippen LogP contribution is 2.25. The zero-order valence-corrected chi connectivity index (χ0v) is 12.3. The topological polar surface area (TPSA) is 40.5 Å². The first-order valence-electron chi connectivity index (χ1n) is 5.31. The number of thioether (sulfide) groups is 1. The highest BCUT2D eigenvalue weighted by atomic mass is 79.9. The van der Waals surface area contributed by atoms with Crippen molar-refractivity contribution in [3.63, 3.8) is 0 Å². The second kappa shape index (κ2) is 7.03. The van der Waals surface area contributed by atoms with Crippen molar-refractivity contribution >= 4 is 33.7 Å². The second-order valence-electron chi connectivity index (χ2n) is 3.95. The maximum atomic E-state index is 10.9. The van der Waals surface area contributed by atoms with Crippen LogP contribution in [0.3, 0.4) is 0 Å². The molecule has 0 fully saturated rings. The predicted molar refractivity (Wildman–Crippen MR) is 75.0 cm³/mol. The number of hydrogen-bond donors (Lipinski definition) is 1. The molecule has 0 saturated heterocycles. The van der Waals surface area contributed by atoms with Gasteiger partial charge in [-0.2, -0.15) is 0 Å². The molecule has 0 aromatic heterocycles. The Balaban J connectivity index is 2.54. The molecular weight excluding hydrogens is 302 g/mol. The maximum Gasteiger partial charge on any atom is 0.336 e. The Bertz CT molecular complexity index is 396. The summed E-state index contributed by atoms with van der Waals surface area (Å²) in [4.78, 5) is 14.1. The van der Waals surface area contributed by atoms with Gasteiger partial charge in [0, 0.05) is 9.37 Å². The number of halogens is 1. The Kier molecular flexibility index (Phi) is 6.02. The first-order valence-corrected chi connectivity index (χ1v) is 7.09. The van der Waals surface area contributed by atoms with E-state index in [1.54, 1.807) is 23.9 Å². The molecule has 0 aliphatic heterocycles. The quantitative estimate of drug-likeness (QED) is 0.646. The number of hydrogen-bond acceptors (Lipinski definition) is 3. The molecule has 0 radical (unpaired) electrons. The van der Waals surface area contributed by atoms with E-state index < -0.39 is 5.97 Å². The van der Waals surface area contributed by atoms with Crippen molar-refractivity contribution in [1.82, 2.24) is 4.90 Å². The smallest absolute Gasteiger partial charge is 0.336 e. The van der Waals surface area contributed by atoms with E-state index in [0.717, 1.165) is 23.6 Å². The molecule has 0 aliphatic carbocycles. The Labute approximate surface area is 114 Å². The SMILES string of the molecule is CN(C)CCCSc1ccc(Br)c(C(=O)O)c1. The van der Waals surface area contributed by atoms with Gasteiger partial charge in [0.1, 0.15) is 0 Å². The Morgan fingerprint density at radius 3 is 2.76 bits per heavy atom. The first-order chi connectivity index (χ1) is 8.00. The van der Waals surface area contributed by atoms with Crippen molar-refractivity contribution in [2.24, 2.45) is 0 Å². The van der Waals surface area contributed by atoms with Gasteiger partial charge in [0.05, 0.1) is 5.56 Å². The third-order valence-electron chi connectivity index (χ3n) is 2.19. The number of carboxylic acid groups (broad SMARTS) is 1. The number of benzene rings is 1. The van der Waals surface area contributed by atoms with E-state index >= 15 is 0 Å². The third kappa shape index (κ3) is 5.10. The van der Waals surface area contributed by atoms with E-state index in [2.05, 4.69) is 20.8 Å². The highest BCUT2D eigenvalue weighted by Gasteiger charge is 2.08. The maximum absolute atomic E-state index is 10.9. The molecule has 17 heavy (non-hydrogen) atoms. The molecule has 0 unspecified atom stereocenters. The Morgan fingerprint density at radius 2 is 2.18 bits per heavy atom. The molecule has 0 bridgehead atoms. The molecule has 0 amide bonds. The van der Waals surface area contributed by atoms with E-state index in [4.69, 9.17) is 5.11 Å². The van der Waals surface area contributed by atoms with Gasteiger partial charge in [0.25, 0.3) is 0 Å². The molecule has 1 aromatic carbocycles. The predicted octanol–water partition coefficient (Wildman–Crippen LogP) is 3.19. The number of carbonyl (C=O) groups is 1. The van der Waals surface area contributed by atoms with Gasteiger partial charge in [-0.05, 0) is 66.9 Å². The molecular formula is C12H16BrNO2S. The minimum absolute atomic E-state index is 0.322. The average molecular weight is 318 g/mol. The average Bonchev–Trinajstić information content (AvgIpc) is 2.25. The van der Waals surface area contributed by atoms with Crippen molar-refractivity contribution < 1.29 is 9.90 Å². The fourth-order valence-electron chi connectivity index (χ4n) is 1.33. The summed E-state index contributed by atoms with van der Waals surface area (Å²) in [6.07, 6.45) is 1.09. The minimum Gasteiger partial charge on any atom is -0.478 e. The van der Waals surface area contributed by atoms with Crippen LogP contribution < -0.4 is 0 Å². The summed E-state index contributed by atoms with van der Waals surface area (Å²) in [5.41, 5.74) is 0.322. The van der Waals surface area contributed by atoms with Gasteiger partial charge in [-0.15, -0.1) is 11.8 Å². The molecule has 0 aliphatic rings. The van der Waals surface area contributed by atoms with Crippen LogP contribution in [0.2, 0.25) is 0 Å². The Hall–Kier alpha value is -0.520. The lowest BCUT2D eigenvalue weighted by molar-refractivity contribution is 0.0695. The lowest BCUT2D eigenvalue weighted by Gasteiger charge is -2.09. The van der Waals surface area contributed by atoms with Gasteiger partial charge < -0.3 is 10.0 Å². The largest absolute Gasteiger partial charge is 0.478 e. The number of rotatable bonds is 6. The summed E-state index contributed by atoms with van der Waals surface area (Å²) in [5.74, 6) is 0.103. The fourth-order valence-corrected chi connectivity index (χ4v) is 2.62. The van der Waals surface area contributed by atoms with E-state index in [-0.39, 0.29) is 0 Å². The highest BCUT2D eigenvalue weighted by molar-refractivity contribution is 9.10. The molecule has 5 heteroatoms. The number of carboxylic acids is 1. The fraction of sp³-hybridized carbons (Fsp3) is 0.417. The van der Waals surface area contributed by atoms with Crippen LogP contribution >= 0.6 is 27.7 Å². The van der Waals surface area contributed by atoms with Crippen LogP contribution in [0.25, 0.3) is 0 Å². The zero-order valence-electron chi connectivity index (χ0n) is 9.94. The first kappa shape index (κ1) is 14.5. The van der Waals surface area contributed by atoms with Crippen LogP contribution in [0.4, 0.5) is 0 Å². The van der Waals surface area contributed by atoms with E-state index in [0.29, 0.717) is 10.0 Å². The molecule has 0 atom stereocenters. The van der Waals surface area contributed by atoms with Crippen LogP contribution in [-0.4, -0.2) is 42.4 Å². The van der Waals surface area contributed by atoms with Crippen molar-refractivity contribution in [1.29, 1.82) is 0 Å². The molecule has 0 heterocycles. The van der Waals surface area contributed by atoms with Crippen molar-refractivity contribution in [3.8, 4) is 0 Å². The van der Waals surface area contributed by atoms with Crippen LogP contribution in [-0.2, 0) is 0 Å². The van der Waals surface area contributed by atoms with Gasteiger partial charge in [0.15, 0.2) is 0 Å². The molecule has 3 nitrogen and oxygen atoms in total. The van der Waals surface area contributed by atoms with Crippen LogP contribution in [0.15, 0.2) is 27.6 Å². The summed E-state index contributed by atoms with van der Waals surface area (Å²) in [6, 6.07) is 5.45. The summed E-state index contributed by atoms with van der Waals surface area (Å²) < 4.78 is 0.627. The van der Waals surface area contributed by atoms with Crippen molar-refractivity contribution in [3.05, 3.63) is 28.2 Å². The normalized spacial score (nSPS) is 10.8. The molecule has 1 aromatic rings. The third-order valence-corrected chi connectivity index (χ3v) is 3.96. The van der Waals surface area contributed by atoms with Crippen molar-refractivity contribution in [2.75, 3.05) is 26.4 Å². The van der Waals surface area contributed by atoms with E-state index in [1.807, 2.05) is 20.2 Å². The standard InChI is InChI=1S/C12H16BrNO2S/c1-14(2)6-3-7-17-9-4-5-11(13)10(8-9)12(15)16/h4-5,8H,3,6-7H2,1-2H3,(H,15,16). The lowest BCUT2D eigenvalue weighted by atomic mass is 10.2. The number of nitrogens with zero attached hydrogens (tertiary/aromatic N) is 1. The Morgan fingerprint density at radius 1 is 1.47 bits per heavy atom. The number of aromatic carboxylic acids is 1. The van der Waals surface area contributed by atoms with Crippen LogP contribution in [0.1, 0.15) is 16.8 Å². The van der Waals surface area contributed by atoms with Gasteiger partial charge in [0.2, 0.25) is 0 Å². The molecule has 1 rings (SSSR count). The minimum atomic E-state index is -0.896. The van der Waals surface area contributed by atoms with Gasteiger partial charge in [-0.1, -0.05) is 0 Å². The van der Waals surface area contributed by atoms with Crippen LogP contribution in [0, 0.1) is 0 Å². The van der Waals surface area contributed by atoms with Crippen LogP contribution in [0.5, 0.6) is 0 Å². The molecule has 0 spiro atoms. The summed E-state index contributed by atoms with van der Waals surface area (Å²) >= 11 is 4.93.